The molecular formula is C17H18FN3O3. The van der Waals surface area contributed by atoms with Crippen molar-refractivity contribution < 1.29 is 14.1 Å². The maximum Gasteiger partial charge on any atom is 0.327 e. The Morgan fingerprint density at radius 2 is 1.79 bits per heavy atom. The van der Waals surface area contributed by atoms with E-state index in [1.165, 1.54) is 24.1 Å². The molecule has 0 saturated carbocycles. The molecule has 6 nitrogen and oxygen atoms in total. The first kappa shape index (κ1) is 17.4. The fraction of sp³-hybridized carbons (Fsp3) is 0.235. The Bertz CT molecular complexity index is 772. The molecule has 0 aromatic heterocycles. The van der Waals surface area contributed by atoms with E-state index in [0.29, 0.717) is 5.69 Å². The van der Waals surface area contributed by atoms with Gasteiger partial charge in [0.1, 0.15) is 5.69 Å². The number of nitrogens with one attached hydrogen (secondary N) is 1. The molecule has 0 fully saturated rings. The summed E-state index contributed by atoms with van der Waals surface area (Å²) in [5.41, 5.74) is 1.96. The lowest BCUT2D eigenvalue weighted by atomic mass is 10.1. The Hall–Kier alpha value is -2.96. The van der Waals surface area contributed by atoms with E-state index in [2.05, 4.69) is 5.32 Å². The minimum Gasteiger partial charge on any atom is -0.360 e. The third-order valence-corrected chi connectivity index (χ3v) is 3.69. The summed E-state index contributed by atoms with van der Waals surface area (Å²) in [6.07, 6.45) is 0. The summed E-state index contributed by atoms with van der Waals surface area (Å²) in [6, 6.07) is 9.45. The van der Waals surface area contributed by atoms with Crippen molar-refractivity contribution in [2.24, 2.45) is 0 Å². The second-order valence-corrected chi connectivity index (χ2v) is 5.54. The highest BCUT2D eigenvalue weighted by Gasteiger charge is 2.23. The Morgan fingerprint density at radius 1 is 1.21 bits per heavy atom. The largest absolute Gasteiger partial charge is 0.360 e. The van der Waals surface area contributed by atoms with Gasteiger partial charge in [-0.1, -0.05) is 24.3 Å². The van der Waals surface area contributed by atoms with Crippen LogP contribution < -0.4 is 10.2 Å². The van der Waals surface area contributed by atoms with Crippen LogP contribution in [0.25, 0.3) is 0 Å². The van der Waals surface area contributed by atoms with Gasteiger partial charge >= 0.3 is 5.69 Å². The highest BCUT2D eigenvalue weighted by Crippen LogP contribution is 2.30. The second kappa shape index (κ2) is 7.08. The maximum absolute atomic E-state index is 13.7. The van der Waals surface area contributed by atoms with Crippen LogP contribution in [0.1, 0.15) is 11.1 Å². The highest BCUT2D eigenvalue weighted by atomic mass is 19.1. The SMILES string of the molecule is Cc1cccc(C)c1NC(=O)CN(C)c1cccc(F)c1[N+](=O)[O-]. The zero-order valence-corrected chi connectivity index (χ0v) is 13.7. The number of carbonyl (C=O) groups excluding carboxylic acids is 1. The molecule has 0 spiro atoms. The smallest absolute Gasteiger partial charge is 0.327 e. The molecule has 7 heteroatoms. The van der Waals surface area contributed by atoms with Crippen molar-refractivity contribution in [1.82, 2.24) is 0 Å². The first-order chi connectivity index (χ1) is 11.3. The van der Waals surface area contributed by atoms with E-state index in [1.807, 2.05) is 32.0 Å². The number of carbonyl (C=O) groups is 1. The summed E-state index contributed by atoms with van der Waals surface area (Å²) < 4.78 is 13.7. The minimum absolute atomic E-state index is 0.0525. The molecule has 2 aromatic rings. The predicted octanol–water partition coefficient (Wildman–Crippen LogP) is 3.43. The fourth-order valence-electron chi connectivity index (χ4n) is 2.48. The van der Waals surface area contributed by atoms with Gasteiger partial charge in [-0.3, -0.25) is 14.9 Å². The quantitative estimate of drug-likeness (QED) is 0.673. The number of benzene rings is 2. The first-order valence-corrected chi connectivity index (χ1v) is 7.31. The summed E-state index contributed by atoms with van der Waals surface area (Å²) in [5, 5.41) is 13.8. The van der Waals surface area contributed by atoms with Gasteiger partial charge < -0.3 is 10.2 Å². The Kier molecular flexibility index (Phi) is 5.13. The van der Waals surface area contributed by atoms with Crippen LogP contribution in [-0.4, -0.2) is 24.4 Å². The lowest BCUT2D eigenvalue weighted by Crippen LogP contribution is -2.31. The number of amides is 1. The van der Waals surface area contributed by atoms with Crippen molar-refractivity contribution in [3.8, 4) is 0 Å². The van der Waals surface area contributed by atoms with Crippen LogP contribution in [0.3, 0.4) is 0 Å². The monoisotopic (exact) mass is 331 g/mol. The number of likely N-dealkylation sites (N-methyl/N-ethyl adjacent to an activating group) is 1. The highest BCUT2D eigenvalue weighted by molar-refractivity contribution is 5.95. The lowest BCUT2D eigenvalue weighted by molar-refractivity contribution is -0.386. The Morgan fingerprint density at radius 3 is 2.38 bits per heavy atom. The van der Waals surface area contributed by atoms with Crippen molar-refractivity contribution >= 4 is 23.0 Å². The number of anilines is 2. The standard InChI is InChI=1S/C17H18FN3O3/c1-11-6-4-7-12(2)16(11)19-15(22)10-20(3)14-9-5-8-13(18)17(14)21(23)24/h4-9H,10H2,1-3H3,(H,19,22). The van der Waals surface area contributed by atoms with E-state index in [4.69, 9.17) is 0 Å². The van der Waals surface area contributed by atoms with Gasteiger partial charge in [-0.05, 0) is 37.1 Å². The normalized spacial score (nSPS) is 10.3. The van der Waals surface area contributed by atoms with Crippen LogP contribution in [0.4, 0.5) is 21.5 Å². The zero-order valence-electron chi connectivity index (χ0n) is 13.7. The van der Waals surface area contributed by atoms with Crippen molar-refractivity contribution in [1.29, 1.82) is 0 Å². The van der Waals surface area contributed by atoms with Gasteiger partial charge in [-0.25, -0.2) is 0 Å². The molecule has 2 rings (SSSR count). The number of aryl methyl sites for hydroxylation is 2. The molecule has 126 valence electrons. The van der Waals surface area contributed by atoms with E-state index in [0.717, 1.165) is 17.2 Å². The molecule has 0 radical (unpaired) electrons. The first-order valence-electron chi connectivity index (χ1n) is 7.31. The molecule has 0 aliphatic rings. The molecule has 24 heavy (non-hydrogen) atoms. The average Bonchev–Trinajstić information content (AvgIpc) is 2.50. The van der Waals surface area contributed by atoms with Gasteiger partial charge in [0.15, 0.2) is 0 Å². The molecule has 2 aromatic carbocycles. The second-order valence-electron chi connectivity index (χ2n) is 5.54. The van der Waals surface area contributed by atoms with Crippen molar-refractivity contribution in [3.05, 3.63) is 63.5 Å². The lowest BCUT2D eigenvalue weighted by Gasteiger charge is -2.19. The topological polar surface area (TPSA) is 75.5 Å². The van der Waals surface area contributed by atoms with Crippen molar-refractivity contribution in [2.75, 3.05) is 23.8 Å². The van der Waals surface area contributed by atoms with Gasteiger partial charge in [0.25, 0.3) is 0 Å². The van der Waals surface area contributed by atoms with Crippen LogP contribution in [0, 0.1) is 29.8 Å². The van der Waals surface area contributed by atoms with Crippen LogP contribution in [0.5, 0.6) is 0 Å². The molecule has 0 atom stereocenters. The van der Waals surface area contributed by atoms with Gasteiger partial charge in [0.05, 0.1) is 11.5 Å². The van der Waals surface area contributed by atoms with Crippen LogP contribution in [0.15, 0.2) is 36.4 Å². The average molecular weight is 331 g/mol. The molecule has 0 aliphatic heterocycles. The molecule has 0 unspecified atom stereocenters. The van der Waals surface area contributed by atoms with E-state index < -0.39 is 16.4 Å². The number of hydrogen-bond donors (Lipinski definition) is 1. The molecule has 0 heterocycles. The molecule has 1 amide bonds. The number of nitrogens with zero attached hydrogens (tertiary/aromatic N) is 2. The van der Waals surface area contributed by atoms with E-state index >= 15 is 0 Å². The predicted molar refractivity (Wildman–Crippen MR) is 90.9 cm³/mol. The van der Waals surface area contributed by atoms with Crippen molar-refractivity contribution in [2.45, 2.75) is 13.8 Å². The Labute approximate surface area is 139 Å². The molecule has 1 N–H and O–H groups in total. The van der Waals surface area contributed by atoms with E-state index in [9.17, 15) is 19.3 Å². The number of hydrogen-bond acceptors (Lipinski definition) is 4. The third kappa shape index (κ3) is 3.68. The third-order valence-electron chi connectivity index (χ3n) is 3.69. The van der Waals surface area contributed by atoms with E-state index in [-0.39, 0.29) is 18.1 Å². The zero-order chi connectivity index (χ0) is 17.9. The molecule has 0 bridgehead atoms. The molecule has 0 aliphatic carbocycles. The number of para-hydroxylation sites is 2. The van der Waals surface area contributed by atoms with Gasteiger partial charge in [-0.2, -0.15) is 4.39 Å². The van der Waals surface area contributed by atoms with Crippen molar-refractivity contribution in [3.63, 3.8) is 0 Å². The summed E-state index contributed by atoms with van der Waals surface area (Å²) >= 11 is 0. The molecule has 0 saturated heterocycles. The number of rotatable bonds is 5. The Balaban J connectivity index is 2.18. The van der Waals surface area contributed by atoms with Gasteiger partial charge in [0.2, 0.25) is 11.7 Å². The van der Waals surface area contributed by atoms with E-state index in [1.54, 1.807) is 0 Å². The summed E-state index contributed by atoms with van der Waals surface area (Å²) in [7, 11) is 1.51. The summed E-state index contributed by atoms with van der Waals surface area (Å²) in [5.74, 6) is -1.27. The molecular weight excluding hydrogens is 313 g/mol. The van der Waals surface area contributed by atoms with Gasteiger partial charge in [0, 0.05) is 12.7 Å². The summed E-state index contributed by atoms with van der Waals surface area (Å²) in [4.78, 5) is 23.9. The summed E-state index contributed by atoms with van der Waals surface area (Å²) in [6.45, 7) is 3.62. The number of nitro benzene ring substituents is 1. The number of nitro groups is 1. The van der Waals surface area contributed by atoms with Gasteiger partial charge in [-0.15, -0.1) is 0 Å². The van der Waals surface area contributed by atoms with Crippen LogP contribution in [-0.2, 0) is 4.79 Å². The van der Waals surface area contributed by atoms with Crippen LogP contribution >= 0.6 is 0 Å². The fourth-order valence-corrected chi connectivity index (χ4v) is 2.48. The number of halogens is 1. The van der Waals surface area contributed by atoms with Crippen LogP contribution in [0.2, 0.25) is 0 Å². The maximum atomic E-state index is 13.7. The minimum atomic E-state index is -0.931.